The number of carbonyl (C=O) groups excluding carboxylic acids is 1. The Balaban J connectivity index is 1.45. The number of rotatable bonds is 7. The van der Waals surface area contributed by atoms with Crippen molar-refractivity contribution in [2.24, 2.45) is 7.05 Å². The number of hydrogen-bond donors (Lipinski definition) is 3. The Labute approximate surface area is 205 Å². The van der Waals surface area contributed by atoms with Crippen molar-refractivity contribution in [1.29, 1.82) is 0 Å². The number of amides is 1. The Morgan fingerprint density at radius 3 is 2.80 bits per heavy atom. The van der Waals surface area contributed by atoms with Crippen LogP contribution in [-0.2, 0) is 24.6 Å². The van der Waals surface area contributed by atoms with Gasteiger partial charge < -0.3 is 19.9 Å². The summed E-state index contributed by atoms with van der Waals surface area (Å²) in [4.78, 5) is 24.7. The highest BCUT2D eigenvalue weighted by atomic mass is 32.2. The van der Waals surface area contributed by atoms with Gasteiger partial charge in [0.15, 0.2) is 11.5 Å². The van der Waals surface area contributed by atoms with Crippen molar-refractivity contribution in [2.45, 2.75) is 25.9 Å². The lowest BCUT2D eigenvalue weighted by molar-refractivity contribution is 0.102. The molecule has 0 radical (unpaired) electrons. The molecule has 35 heavy (non-hydrogen) atoms. The normalized spacial score (nSPS) is 16.9. The molecule has 0 bridgehead atoms. The van der Waals surface area contributed by atoms with Crippen LogP contribution in [-0.4, -0.2) is 66.7 Å². The molecule has 5 rings (SSSR count). The van der Waals surface area contributed by atoms with E-state index in [4.69, 9.17) is 0 Å². The predicted molar refractivity (Wildman–Crippen MR) is 137 cm³/mol. The van der Waals surface area contributed by atoms with Gasteiger partial charge in [0.1, 0.15) is 5.52 Å². The Morgan fingerprint density at radius 2 is 2.06 bits per heavy atom. The SMILES string of the molecule is CNC1CCN(c2ccc(C(=O)Nc3cn4cc(C)nc(CNS(C)=O)c4n3)c3nn(C)cc23)C1. The van der Waals surface area contributed by atoms with Gasteiger partial charge in [0.2, 0.25) is 0 Å². The van der Waals surface area contributed by atoms with Gasteiger partial charge in [0.05, 0.1) is 40.7 Å². The minimum Gasteiger partial charge on any atom is -0.369 e. The van der Waals surface area contributed by atoms with Gasteiger partial charge >= 0.3 is 0 Å². The molecule has 4 aromatic rings. The number of carbonyl (C=O) groups is 1. The maximum Gasteiger partial charge on any atom is 0.259 e. The summed E-state index contributed by atoms with van der Waals surface area (Å²) in [6, 6.07) is 4.29. The van der Waals surface area contributed by atoms with E-state index in [1.807, 2.05) is 49.9 Å². The Bertz CT molecular complexity index is 1440. The fourth-order valence-corrected chi connectivity index (χ4v) is 4.95. The van der Waals surface area contributed by atoms with Gasteiger partial charge in [0, 0.05) is 55.9 Å². The molecule has 1 aromatic carbocycles. The fourth-order valence-electron chi connectivity index (χ4n) is 4.61. The zero-order valence-electron chi connectivity index (χ0n) is 20.2. The van der Waals surface area contributed by atoms with Crippen LogP contribution in [0.5, 0.6) is 0 Å². The standard InChI is InChI=1S/C23H29N9O2S/c1-14-10-32-13-20(27-22(32)18(26-14)9-25-35(4)34)28-23(33)16-5-6-19(17-12-30(3)29-21(16)17)31-8-7-15(11-31)24-2/h5-6,10,12-13,15,24-25H,7-9,11H2,1-4H3,(H,28,33). The Kier molecular flexibility index (Phi) is 6.26. The molecule has 3 N–H and O–H groups in total. The quantitative estimate of drug-likeness (QED) is 0.354. The van der Waals surface area contributed by atoms with Crippen molar-refractivity contribution in [1.82, 2.24) is 34.2 Å². The highest BCUT2D eigenvalue weighted by Crippen LogP contribution is 2.31. The van der Waals surface area contributed by atoms with Crippen LogP contribution in [0.4, 0.5) is 11.5 Å². The number of anilines is 2. The minimum atomic E-state index is -1.17. The second-order valence-electron chi connectivity index (χ2n) is 8.83. The summed E-state index contributed by atoms with van der Waals surface area (Å²) >= 11 is 0. The topological polar surface area (TPSA) is 121 Å². The van der Waals surface area contributed by atoms with Gasteiger partial charge in [-0.2, -0.15) is 5.10 Å². The van der Waals surface area contributed by atoms with Gasteiger partial charge in [-0.15, -0.1) is 0 Å². The molecule has 2 unspecified atom stereocenters. The molecule has 12 heteroatoms. The van der Waals surface area contributed by atoms with Crippen molar-refractivity contribution in [3.63, 3.8) is 0 Å². The molecule has 1 fully saturated rings. The summed E-state index contributed by atoms with van der Waals surface area (Å²) in [5, 5.41) is 11.8. The lowest BCUT2D eigenvalue weighted by atomic mass is 10.1. The van der Waals surface area contributed by atoms with E-state index in [9.17, 15) is 9.00 Å². The van der Waals surface area contributed by atoms with Crippen LogP contribution in [0, 0.1) is 6.92 Å². The average molecular weight is 496 g/mol. The molecule has 0 saturated carbocycles. The molecular weight excluding hydrogens is 466 g/mol. The number of nitrogens with one attached hydrogen (secondary N) is 3. The maximum atomic E-state index is 13.3. The van der Waals surface area contributed by atoms with Crippen LogP contribution in [0.25, 0.3) is 16.6 Å². The molecular formula is C23H29N9O2S. The first-order valence-corrected chi connectivity index (χ1v) is 13.0. The number of nitrogens with zero attached hydrogens (tertiary/aromatic N) is 6. The fraction of sp³-hybridized carbons (Fsp3) is 0.391. The maximum absolute atomic E-state index is 13.3. The second kappa shape index (κ2) is 9.36. The van der Waals surface area contributed by atoms with Crippen molar-refractivity contribution in [3.8, 4) is 0 Å². The summed E-state index contributed by atoms with van der Waals surface area (Å²) in [6.07, 6.45) is 8.19. The van der Waals surface area contributed by atoms with E-state index >= 15 is 0 Å². The first kappa shape index (κ1) is 23.4. The number of hydrogen-bond acceptors (Lipinski definition) is 7. The number of likely N-dealkylation sites (N-methyl/N-ethyl adjacent to an activating group) is 1. The first-order chi connectivity index (χ1) is 16.8. The van der Waals surface area contributed by atoms with Gasteiger partial charge in [0.25, 0.3) is 5.91 Å². The number of fused-ring (bicyclic) bond motifs is 2. The van der Waals surface area contributed by atoms with E-state index < -0.39 is 11.0 Å². The van der Waals surface area contributed by atoms with Crippen molar-refractivity contribution >= 4 is 44.9 Å². The summed E-state index contributed by atoms with van der Waals surface area (Å²) in [6.45, 7) is 4.06. The third kappa shape index (κ3) is 4.64. The molecule has 0 aliphatic carbocycles. The zero-order chi connectivity index (χ0) is 24.7. The Morgan fingerprint density at radius 1 is 1.23 bits per heavy atom. The zero-order valence-corrected chi connectivity index (χ0v) is 21.0. The van der Waals surface area contributed by atoms with E-state index in [1.165, 1.54) is 0 Å². The van der Waals surface area contributed by atoms with Gasteiger partial charge in [-0.25, -0.2) is 13.9 Å². The average Bonchev–Trinajstić information content (AvgIpc) is 3.53. The van der Waals surface area contributed by atoms with Crippen LogP contribution >= 0.6 is 0 Å². The molecule has 3 aromatic heterocycles. The van der Waals surface area contributed by atoms with Crippen molar-refractivity contribution in [2.75, 3.05) is 36.6 Å². The van der Waals surface area contributed by atoms with E-state index in [0.29, 0.717) is 40.8 Å². The monoisotopic (exact) mass is 495 g/mol. The number of aryl methyl sites for hydroxylation is 2. The molecule has 1 saturated heterocycles. The van der Waals surface area contributed by atoms with Crippen LogP contribution < -0.4 is 20.3 Å². The van der Waals surface area contributed by atoms with E-state index in [2.05, 4.69) is 35.3 Å². The van der Waals surface area contributed by atoms with Gasteiger partial charge in [-0.1, -0.05) is 0 Å². The molecule has 1 amide bonds. The lowest BCUT2D eigenvalue weighted by Gasteiger charge is -2.20. The number of benzene rings is 1. The van der Waals surface area contributed by atoms with Gasteiger partial charge in [-0.05, 0) is 32.5 Å². The first-order valence-electron chi connectivity index (χ1n) is 11.4. The van der Waals surface area contributed by atoms with E-state index in [0.717, 1.165) is 36.3 Å². The summed E-state index contributed by atoms with van der Waals surface area (Å²) < 4.78 is 17.9. The molecule has 11 nitrogen and oxygen atoms in total. The molecule has 1 aliphatic heterocycles. The largest absolute Gasteiger partial charge is 0.369 e. The van der Waals surface area contributed by atoms with Crippen LogP contribution in [0.15, 0.2) is 30.7 Å². The number of imidazole rings is 1. The third-order valence-electron chi connectivity index (χ3n) is 6.26. The summed E-state index contributed by atoms with van der Waals surface area (Å²) in [5.74, 6) is 0.128. The van der Waals surface area contributed by atoms with Crippen molar-refractivity contribution in [3.05, 3.63) is 47.7 Å². The summed E-state index contributed by atoms with van der Waals surface area (Å²) in [5.41, 5.74) is 4.27. The highest BCUT2D eigenvalue weighted by molar-refractivity contribution is 7.82. The summed E-state index contributed by atoms with van der Waals surface area (Å²) in [7, 11) is 2.68. The predicted octanol–water partition coefficient (Wildman–Crippen LogP) is 1.36. The Hall–Kier alpha value is -3.35. The minimum absolute atomic E-state index is 0.280. The van der Waals surface area contributed by atoms with Gasteiger partial charge in [-0.3, -0.25) is 14.5 Å². The smallest absolute Gasteiger partial charge is 0.259 e. The molecule has 1 aliphatic rings. The highest BCUT2D eigenvalue weighted by Gasteiger charge is 2.25. The molecule has 184 valence electrons. The van der Waals surface area contributed by atoms with E-state index in [1.54, 1.807) is 17.1 Å². The molecule has 2 atom stereocenters. The second-order valence-corrected chi connectivity index (χ2v) is 10.0. The van der Waals surface area contributed by atoms with Crippen LogP contribution in [0.1, 0.15) is 28.2 Å². The van der Waals surface area contributed by atoms with Crippen LogP contribution in [0.3, 0.4) is 0 Å². The molecule has 0 spiro atoms. The molecule has 4 heterocycles. The van der Waals surface area contributed by atoms with Crippen LogP contribution in [0.2, 0.25) is 0 Å². The lowest BCUT2D eigenvalue weighted by Crippen LogP contribution is -2.29. The number of aromatic nitrogens is 5. The van der Waals surface area contributed by atoms with E-state index in [-0.39, 0.29) is 5.91 Å². The van der Waals surface area contributed by atoms with Crippen molar-refractivity contribution < 1.29 is 9.00 Å². The third-order valence-corrected chi connectivity index (χ3v) is 6.81.